The molecule has 0 unspecified atom stereocenters. The predicted octanol–water partition coefficient (Wildman–Crippen LogP) is 3.91. The summed E-state index contributed by atoms with van der Waals surface area (Å²) < 4.78 is 0. The smallest absolute Gasteiger partial charge is 0.115 e. The third kappa shape index (κ3) is 5.73. The molecule has 1 fully saturated rings. The van der Waals surface area contributed by atoms with Crippen molar-refractivity contribution in [3.05, 3.63) is 29.8 Å². The quantitative estimate of drug-likeness (QED) is 0.776. The molecule has 0 saturated carbocycles. The maximum absolute atomic E-state index is 9.14. The fourth-order valence-corrected chi connectivity index (χ4v) is 1.90. The van der Waals surface area contributed by atoms with Crippen molar-refractivity contribution in [2.75, 3.05) is 13.1 Å². The lowest BCUT2D eigenvalue weighted by Crippen LogP contribution is -2.26. The summed E-state index contributed by atoms with van der Waals surface area (Å²) in [6.45, 7) is 10.2. The summed E-state index contributed by atoms with van der Waals surface area (Å²) in [5, 5.41) is 12.5. The Balaban J connectivity index is 0.000000581. The van der Waals surface area contributed by atoms with Crippen LogP contribution in [0.1, 0.15) is 52.0 Å². The van der Waals surface area contributed by atoms with Gasteiger partial charge in [-0.05, 0) is 49.5 Å². The predicted molar refractivity (Wildman–Crippen MR) is 75.6 cm³/mol. The zero-order valence-electron chi connectivity index (χ0n) is 11.7. The normalized spacial score (nSPS) is 15.1. The van der Waals surface area contributed by atoms with E-state index in [9.17, 15) is 0 Å². The minimum atomic E-state index is 0.359. The topological polar surface area (TPSA) is 32.3 Å². The minimum Gasteiger partial charge on any atom is -0.508 e. The van der Waals surface area contributed by atoms with E-state index in [4.69, 9.17) is 5.11 Å². The van der Waals surface area contributed by atoms with Crippen LogP contribution in [0.15, 0.2) is 24.3 Å². The standard InChI is InChI=1S/C11H15NO.2C2H6/c13-11-3-1-9(2-4-11)10-5-7-12-8-6-10;2*1-2/h1-4,10,12-13H,5-8H2;2*1-2H3. The van der Waals surface area contributed by atoms with Gasteiger partial charge in [-0.1, -0.05) is 39.8 Å². The van der Waals surface area contributed by atoms with E-state index < -0.39 is 0 Å². The summed E-state index contributed by atoms with van der Waals surface area (Å²) >= 11 is 0. The van der Waals surface area contributed by atoms with Gasteiger partial charge >= 0.3 is 0 Å². The Kier molecular flexibility index (Phi) is 9.55. The molecule has 1 aliphatic rings. The summed E-state index contributed by atoms with van der Waals surface area (Å²) in [4.78, 5) is 0. The van der Waals surface area contributed by atoms with Gasteiger partial charge in [-0.15, -0.1) is 0 Å². The Labute approximate surface area is 106 Å². The first-order valence-electron chi connectivity index (χ1n) is 6.86. The maximum Gasteiger partial charge on any atom is 0.115 e. The number of hydrogen-bond acceptors (Lipinski definition) is 2. The zero-order chi connectivity index (χ0) is 13.1. The average molecular weight is 237 g/mol. The van der Waals surface area contributed by atoms with E-state index >= 15 is 0 Å². The highest BCUT2D eigenvalue weighted by Gasteiger charge is 2.14. The fraction of sp³-hybridized carbons (Fsp3) is 0.600. The van der Waals surface area contributed by atoms with Crippen LogP contribution in [-0.2, 0) is 0 Å². The number of benzene rings is 1. The third-order valence-electron chi connectivity index (χ3n) is 2.70. The van der Waals surface area contributed by atoms with Gasteiger partial charge in [0.05, 0.1) is 0 Å². The fourth-order valence-electron chi connectivity index (χ4n) is 1.90. The van der Waals surface area contributed by atoms with Crippen molar-refractivity contribution in [3.63, 3.8) is 0 Å². The highest BCUT2D eigenvalue weighted by atomic mass is 16.3. The second-order valence-electron chi connectivity index (χ2n) is 3.62. The van der Waals surface area contributed by atoms with E-state index in [0.717, 1.165) is 13.1 Å². The maximum atomic E-state index is 9.14. The lowest BCUT2D eigenvalue weighted by atomic mass is 9.90. The van der Waals surface area contributed by atoms with Crippen LogP contribution in [0.25, 0.3) is 0 Å². The third-order valence-corrected chi connectivity index (χ3v) is 2.70. The van der Waals surface area contributed by atoms with Gasteiger partial charge in [0.1, 0.15) is 5.75 Å². The van der Waals surface area contributed by atoms with E-state index in [1.54, 1.807) is 12.1 Å². The van der Waals surface area contributed by atoms with Crippen LogP contribution in [0, 0.1) is 0 Å². The average Bonchev–Trinajstić information content (AvgIpc) is 2.45. The van der Waals surface area contributed by atoms with Crippen LogP contribution < -0.4 is 5.32 Å². The Morgan fingerprint density at radius 1 is 0.941 bits per heavy atom. The molecule has 0 aromatic heterocycles. The first-order chi connectivity index (χ1) is 8.36. The Morgan fingerprint density at radius 2 is 1.41 bits per heavy atom. The molecule has 2 rings (SSSR count). The lowest BCUT2D eigenvalue weighted by Gasteiger charge is -2.22. The molecule has 0 atom stereocenters. The number of aromatic hydroxyl groups is 1. The van der Waals surface area contributed by atoms with Gasteiger partial charge in [-0.2, -0.15) is 0 Å². The minimum absolute atomic E-state index is 0.359. The van der Waals surface area contributed by atoms with Crippen LogP contribution in [0.5, 0.6) is 5.75 Å². The van der Waals surface area contributed by atoms with Crippen LogP contribution in [0.4, 0.5) is 0 Å². The number of piperidine rings is 1. The van der Waals surface area contributed by atoms with E-state index in [0.29, 0.717) is 11.7 Å². The van der Waals surface area contributed by atoms with Gasteiger partial charge in [0.25, 0.3) is 0 Å². The van der Waals surface area contributed by atoms with E-state index in [1.165, 1.54) is 18.4 Å². The highest BCUT2D eigenvalue weighted by Crippen LogP contribution is 2.26. The molecule has 0 amide bonds. The molecule has 0 radical (unpaired) electrons. The van der Waals surface area contributed by atoms with Crippen molar-refractivity contribution in [3.8, 4) is 5.75 Å². The number of phenolic OH excluding ortho intramolecular Hbond substituents is 1. The van der Waals surface area contributed by atoms with Gasteiger partial charge in [-0.25, -0.2) is 0 Å². The second kappa shape index (κ2) is 10.2. The molecule has 1 aliphatic heterocycles. The molecule has 2 nitrogen and oxygen atoms in total. The molecule has 17 heavy (non-hydrogen) atoms. The molecular weight excluding hydrogens is 210 g/mol. The number of rotatable bonds is 1. The van der Waals surface area contributed by atoms with E-state index in [2.05, 4.69) is 5.32 Å². The van der Waals surface area contributed by atoms with Crippen LogP contribution in [-0.4, -0.2) is 18.2 Å². The van der Waals surface area contributed by atoms with Crippen molar-refractivity contribution in [2.24, 2.45) is 0 Å². The monoisotopic (exact) mass is 237 g/mol. The molecule has 1 saturated heterocycles. The molecule has 1 aromatic carbocycles. The Hall–Kier alpha value is -1.02. The second-order valence-corrected chi connectivity index (χ2v) is 3.62. The van der Waals surface area contributed by atoms with Gasteiger partial charge in [0.2, 0.25) is 0 Å². The first kappa shape index (κ1) is 16.0. The molecule has 0 aliphatic carbocycles. The first-order valence-corrected chi connectivity index (χ1v) is 6.86. The van der Waals surface area contributed by atoms with Crippen LogP contribution in [0.3, 0.4) is 0 Å². The van der Waals surface area contributed by atoms with Crippen molar-refractivity contribution in [1.82, 2.24) is 5.32 Å². The molecule has 0 spiro atoms. The number of phenols is 1. The Morgan fingerprint density at radius 3 is 1.88 bits per heavy atom. The van der Waals surface area contributed by atoms with E-state index in [1.807, 2.05) is 39.8 Å². The van der Waals surface area contributed by atoms with Crippen molar-refractivity contribution in [2.45, 2.75) is 46.5 Å². The van der Waals surface area contributed by atoms with Crippen molar-refractivity contribution < 1.29 is 5.11 Å². The molecular formula is C15H27NO. The SMILES string of the molecule is CC.CC.Oc1ccc(C2CCNCC2)cc1. The van der Waals surface area contributed by atoms with Gasteiger partial charge in [0.15, 0.2) is 0 Å². The molecule has 1 aromatic rings. The summed E-state index contributed by atoms with van der Waals surface area (Å²) in [6.07, 6.45) is 2.43. The number of hydrogen-bond donors (Lipinski definition) is 2. The largest absolute Gasteiger partial charge is 0.508 e. The van der Waals surface area contributed by atoms with E-state index in [-0.39, 0.29) is 0 Å². The van der Waals surface area contributed by atoms with Crippen molar-refractivity contribution in [1.29, 1.82) is 0 Å². The van der Waals surface area contributed by atoms with Gasteiger partial charge in [0, 0.05) is 0 Å². The van der Waals surface area contributed by atoms with Gasteiger partial charge < -0.3 is 10.4 Å². The molecule has 2 heteroatoms. The highest BCUT2D eigenvalue weighted by molar-refractivity contribution is 5.28. The molecule has 2 N–H and O–H groups in total. The van der Waals surface area contributed by atoms with Gasteiger partial charge in [-0.3, -0.25) is 0 Å². The Bertz CT molecular complexity index is 263. The zero-order valence-corrected chi connectivity index (χ0v) is 11.7. The summed E-state index contributed by atoms with van der Waals surface area (Å²) in [5.74, 6) is 1.04. The summed E-state index contributed by atoms with van der Waals surface area (Å²) in [6, 6.07) is 7.62. The van der Waals surface area contributed by atoms with Crippen molar-refractivity contribution >= 4 is 0 Å². The summed E-state index contributed by atoms with van der Waals surface area (Å²) in [5.41, 5.74) is 1.36. The molecule has 98 valence electrons. The molecule has 0 bridgehead atoms. The summed E-state index contributed by atoms with van der Waals surface area (Å²) in [7, 11) is 0. The molecule has 1 heterocycles. The lowest BCUT2D eigenvalue weighted by molar-refractivity contribution is 0.457. The van der Waals surface area contributed by atoms with Crippen LogP contribution >= 0.6 is 0 Å². The van der Waals surface area contributed by atoms with Crippen LogP contribution in [0.2, 0.25) is 0 Å². The number of nitrogens with one attached hydrogen (secondary N) is 1.